The van der Waals surface area contributed by atoms with Crippen molar-refractivity contribution in [2.24, 2.45) is 5.73 Å². The number of alkyl halides is 3. The Bertz CT molecular complexity index is 372. The van der Waals surface area contributed by atoms with Crippen molar-refractivity contribution in [3.8, 4) is 5.88 Å². The zero-order valence-corrected chi connectivity index (χ0v) is 9.45. The van der Waals surface area contributed by atoms with Gasteiger partial charge in [-0.1, -0.05) is 27.5 Å². The molecule has 0 unspecified atom stereocenters. The average Bonchev–Trinajstić information content (AvgIpc) is 1.99. The minimum Gasteiger partial charge on any atom is -0.387 e. The molecule has 1 aromatic heterocycles. The molecule has 8 heteroatoms. The van der Waals surface area contributed by atoms with E-state index in [4.69, 9.17) is 17.3 Å². The second-order valence-electron chi connectivity index (χ2n) is 2.46. The smallest absolute Gasteiger partial charge is 0.387 e. The van der Waals surface area contributed by atoms with E-state index in [9.17, 15) is 13.2 Å². The van der Waals surface area contributed by atoms with E-state index >= 15 is 0 Å². The van der Waals surface area contributed by atoms with E-state index in [2.05, 4.69) is 25.7 Å². The number of halogens is 5. The van der Waals surface area contributed by atoms with Gasteiger partial charge < -0.3 is 10.5 Å². The lowest BCUT2D eigenvalue weighted by Gasteiger charge is -2.12. The summed E-state index contributed by atoms with van der Waals surface area (Å²) in [4.78, 5) is 3.40. The molecule has 0 saturated carbocycles. The summed E-state index contributed by atoms with van der Waals surface area (Å²) in [6.45, 7) is -0.143. The first kappa shape index (κ1) is 12.5. The van der Waals surface area contributed by atoms with E-state index in [-0.39, 0.29) is 17.3 Å². The van der Waals surface area contributed by atoms with Crippen LogP contribution in [0.25, 0.3) is 0 Å². The second-order valence-corrected chi connectivity index (χ2v) is 3.70. The van der Waals surface area contributed by atoms with Gasteiger partial charge in [0.15, 0.2) is 0 Å². The number of rotatable bonds is 2. The van der Waals surface area contributed by atoms with E-state index < -0.39 is 12.2 Å². The highest BCUT2D eigenvalue weighted by atomic mass is 79.9. The average molecular weight is 305 g/mol. The molecule has 0 fully saturated rings. The van der Waals surface area contributed by atoms with Gasteiger partial charge in [-0.2, -0.15) is 0 Å². The zero-order chi connectivity index (χ0) is 11.6. The van der Waals surface area contributed by atoms with Crippen molar-refractivity contribution in [1.82, 2.24) is 4.98 Å². The van der Waals surface area contributed by atoms with Crippen molar-refractivity contribution in [1.29, 1.82) is 0 Å². The molecule has 0 aliphatic heterocycles. The highest BCUT2D eigenvalue weighted by Crippen LogP contribution is 2.31. The third-order valence-corrected chi connectivity index (χ3v) is 2.32. The molecular weight excluding hydrogens is 300 g/mol. The molecule has 84 valence electrons. The normalized spacial score (nSPS) is 11.6. The predicted molar refractivity (Wildman–Crippen MR) is 51.5 cm³/mol. The molecule has 1 rings (SSSR count). The van der Waals surface area contributed by atoms with Crippen LogP contribution in [0.3, 0.4) is 0 Å². The molecule has 0 amide bonds. The monoisotopic (exact) mass is 304 g/mol. The number of nitrogens with two attached hydrogens (primary N) is 1. The van der Waals surface area contributed by atoms with Crippen molar-refractivity contribution in [2.45, 2.75) is 12.9 Å². The predicted octanol–water partition coefficient (Wildman–Crippen LogP) is 2.85. The molecule has 0 aliphatic rings. The third kappa shape index (κ3) is 3.51. The Kier molecular flexibility index (Phi) is 3.80. The topological polar surface area (TPSA) is 48.1 Å². The first-order valence-corrected chi connectivity index (χ1v) is 4.81. The molecule has 0 radical (unpaired) electrons. The minimum atomic E-state index is -4.82. The van der Waals surface area contributed by atoms with Gasteiger partial charge in [-0.15, -0.1) is 13.2 Å². The maximum atomic E-state index is 12.0. The lowest BCUT2D eigenvalue weighted by Crippen LogP contribution is -2.20. The van der Waals surface area contributed by atoms with Crippen LogP contribution in [0, 0.1) is 0 Å². The van der Waals surface area contributed by atoms with Crippen molar-refractivity contribution in [3.05, 3.63) is 21.3 Å². The number of aromatic nitrogens is 1. The first-order chi connectivity index (χ1) is 6.83. The van der Waals surface area contributed by atoms with Gasteiger partial charge in [0.25, 0.3) is 0 Å². The van der Waals surface area contributed by atoms with Crippen molar-refractivity contribution in [2.75, 3.05) is 0 Å². The number of hydrogen-bond donors (Lipinski definition) is 1. The molecule has 3 nitrogen and oxygen atoms in total. The SMILES string of the molecule is NCc1c(Br)cc(Cl)nc1OC(F)(F)F. The molecule has 0 spiro atoms. The number of ether oxygens (including phenoxy) is 1. The Hall–Kier alpha value is -0.530. The fourth-order valence-electron chi connectivity index (χ4n) is 0.869. The molecule has 1 heterocycles. The molecular formula is C7H5BrClF3N2O. The van der Waals surface area contributed by atoms with Gasteiger partial charge in [0, 0.05) is 16.6 Å². The Morgan fingerprint density at radius 3 is 2.60 bits per heavy atom. The molecule has 0 atom stereocenters. The summed E-state index contributed by atoms with van der Waals surface area (Å²) >= 11 is 8.49. The number of nitrogens with zero attached hydrogens (tertiary/aromatic N) is 1. The summed E-state index contributed by atoms with van der Waals surface area (Å²) < 4.78 is 39.9. The van der Waals surface area contributed by atoms with Crippen LogP contribution in [0.1, 0.15) is 5.56 Å². The Morgan fingerprint density at radius 1 is 1.53 bits per heavy atom. The standard InChI is InChI=1S/C7H5BrClF3N2O/c8-4-1-5(9)14-6(3(4)2-13)15-7(10,11)12/h1H,2,13H2. The lowest BCUT2D eigenvalue weighted by molar-refractivity contribution is -0.276. The lowest BCUT2D eigenvalue weighted by atomic mass is 10.3. The molecule has 0 aliphatic carbocycles. The Morgan fingerprint density at radius 2 is 2.13 bits per heavy atom. The van der Waals surface area contributed by atoms with E-state index in [0.29, 0.717) is 4.47 Å². The van der Waals surface area contributed by atoms with Gasteiger partial charge >= 0.3 is 6.36 Å². The van der Waals surface area contributed by atoms with Crippen LogP contribution in [-0.2, 0) is 6.54 Å². The molecule has 0 aromatic carbocycles. The van der Waals surface area contributed by atoms with Crippen molar-refractivity contribution < 1.29 is 17.9 Å². The van der Waals surface area contributed by atoms with Gasteiger partial charge in [-0.3, -0.25) is 0 Å². The quantitative estimate of drug-likeness (QED) is 0.855. The largest absolute Gasteiger partial charge is 0.574 e. The summed E-state index contributed by atoms with van der Waals surface area (Å²) in [7, 11) is 0. The molecule has 0 saturated heterocycles. The van der Waals surface area contributed by atoms with Crippen LogP contribution in [-0.4, -0.2) is 11.3 Å². The summed E-state index contributed by atoms with van der Waals surface area (Å²) in [6.07, 6.45) is -4.82. The van der Waals surface area contributed by atoms with Gasteiger partial charge in [0.1, 0.15) is 5.15 Å². The molecule has 15 heavy (non-hydrogen) atoms. The van der Waals surface area contributed by atoms with Crippen LogP contribution < -0.4 is 10.5 Å². The maximum Gasteiger partial charge on any atom is 0.574 e. The first-order valence-electron chi connectivity index (χ1n) is 3.64. The summed E-state index contributed by atoms with van der Waals surface area (Å²) in [5, 5.41) is -0.113. The summed E-state index contributed by atoms with van der Waals surface area (Å²) in [5.41, 5.74) is 5.37. The van der Waals surface area contributed by atoms with Gasteiger partial charge in [-0.25, -0.2) is 4.98 Å². The van der Waals surface area contributed by atoms with E-state index in [1.165, 1.54) is 6.07 Å². The Labute approximate surface area is 96.5 Å². The van der Waals surface area contributed by atoms with E-state index in [1.54, 1.807) is 0 Å². The molecule has 0 bridgehead atoms. The van der Waals surface area contributed by atoms with Crippen LogP contribution in [0.5, 0.6) is 5.88 Å². The highest BCUT2D eigenvalue weighted by Gasteiger charge is 2.33. The van der Waals surface area contributed by atoms with Crippen LogP contribution in [0.4, 0.5) is 13.2 Å². The van der Waals surface area contributed by atoms with Gasteiger partial charge in [0.2, 0.25) is 5.88 Å². The highest BCUT2D eigenvalue weighted by molar-refractivity contribution is 9.10. The fourth-order valence-corrected chi connectivity index (χ4v) is 1.74. The maximum absolute atomic E-state index is 12.0. The van der Waals surface area contributed by atoms with Crippen molar-refractivity contribution in [3.63, 3.8) is 0 Å². The van der Waals surface area contributed by atoms with Crippen LogP contribution in [0.15, 0.2) is 10.5 Å². The number of hydrogen-bond acceptors (Lipinski definition) is 3. The summed E-state index contributed by atoms with van der Waals surface area (Å²) in [6, 6.07) is 1.34. The van der Waals surface area contributed by atoms with Crippen molar-refractivity contribution >= 4 is 27.5 Å². The summed E-state index contributed by atoms with van der Waals surface area (Å²) in [5.74, 6) is -0.635. The third-order valence-electron chi connectivity index (χ3n) is 1.42. The second kappa shape index (κ2) is 4.54. The van der Waals surface area contributed by atoms with Crippen LogP contribution in [0.2, 0.25) is 5.15 Å². The van der Waals surface area contributed by atoms with Crippen LogP contribution >= 0.6 is 27.5 Å². The zero-order valence-electron chi connectivity index (χ0n) is 7.11. The molecule has 1 aromatic rings. The van der Waals surface area contributed by atoms with Gasteiger partial charge in [-0.05, 0) is 6.07 Å². The van der Waals surface area contributed by atoms with Gasteiger partial charge in [0.05, 0.1) is 0 Å². The van der Waals surface area contributed by atoms with E-state index in [1.807, 2.05) is 0 Å². The minimum absolute atomic E-state index is 0.108. The fraction of sp³-hybridized carbons (Fsp3) is 0.286. The van der Waals surface area contributed by atoms with E-state index in [0.717, 1.165) is 0 Å². The number of pyridine rings is 1. The Balaban J connectivity index is 3.15. The molecule has 2 N–H and O–H groups in total.